The third-order valence-corrected chi connectivity index (χ3v) is 4.24. The maximum atomic E-state index is 12.6. The highest BCUT2D eigenvalue weighted by Crippen LogP contribution is 2.29. The van der Waals surface area contributed by atoms with Crippen LogP contribution in [0.15, 0.2) is 41.1 Å². The molecule has 1 fully saturated rings. The maximum absolute atomic E-state index is 12.6. The van der Waals surface area contributed by atoms with Gasteiger partial charge in [0.15, 0.2) is 5.58 Å². The molecule has 0 atom stereocenters. The molecule has 1 aromatic carbocycles. The number of oxazole rings is 1. The smallest absolute Gasteiger partial charge is 0.254 e. The van der Waals surface area contributed by atoms with Gasteiger partial charge in [0.2, 0.25) is 5.89 Å². The van der Waals surface area contributed by atoms with Crippen LogP contribution in [-0.4, -0.2) is 47.1 Å². The molecule has 1 amide bonds. The molecule has 1 aliphatic heterocycles. The normalized spacial score (nSPS) is 15.0. The first kappa shape index (κ1) is 15.1. The first-order chi connectivity index (χ1) is 11.7. The van der Waals surface area contributed by atoms with Crippen LogP contribution in [0.2, 0.25) is 5.02 Å². The standard InChI is InChI=1S/C17H14ClN3O3/c18-13-10-19-4-3-12(13)16-20-14-9-11(1-2-15(14)24-16)17(22)21-5-7-23-8-6-21/h1-4,9-10H,5-8H2. The molecule has 2 aromatic heterocycles. The molecule has 24 heavy (non-hydrogen) atoms. The van der Waals surface area contributed by atoms with E-state index in [1.165, 1.54) is 0 Å². The summed E-state index contributed by atoms with van der Waals surface area (Å²) in [6.07, 6.45) is 3.17. The van der Waals surface area contributed by atoms with Gasteiger partial charge in [0.1, 0.15) is 5.52 Å². The minimum absolute atomic E-state index is 0.0216. The average molecular weight is 344 g/mol. The molecule has 6 nitrogen and oxygen atoms in total. The lowest BCUT2D eigenvalue weighted by molar-refractivity contribution is 0.0303. The molecule has 0 saturated carbocycles. The van der Waals surface area contributed by atoms with Gasteiger partial charge in [-0.2, -0.15) is 0 Å². The van der Waals surface area contributed by atoms with E-state index in [2.05, 4.69) is 9.97 Å². The first-order valence-electron chi connectivity index (χ1n) is 7.60. The number of benzene rings is 1. The van der Waals surface area contributed by atoms with Crippen molar-refractivity contribution in [2.75, 3.05) is 26.3 Å². The van der Waals surface area contributed by atoms with Gasteiger partial charge in [0, 0.05) is 31.0 Å². The summed E-state index contributed by atoms with van der Waals surface area (Å²) < 4.78 is 11.0. The van der Waals surface area contributed by atoms with E-state index in [0.29, 0.717) is 59.4 Å². The summed E-state index contributed by atoms with van der Waals surface area (Å²) in [6, 6.07) is 7.00. The molecule has 0 aliphatic carbocycles. The van der Waals surface area contributed by atoms with Gasteiger partial charge in [0.05, 0.1) is 23.8 Å². The Labute approximate surface area is 143 Å². The van der Waals surface area contributed by atoms with Crippen LogP contribution >= 0.6 is 11.6 Å². The number of halogens is 1. The summed E-state index contributed by atoms with van der Waals surface area (Å²) in [5.41, 5.74) is 2.49. The van der Waals surface area contributed by atoms with Crippen LogP contribution in [0.4, 0.5) is 0 Å². The summed E-state index contributed by atoms with van der Waals surface area (Å²) >= 11 is 6.13. The number of hydrogen-bond donors (Lipinski definition) is 0. The molecule has 3 heterocycles. The van der Waals surface area contributed by atoms with E-state index in [1.807, 2.05) is 0 Å². The lowest BCUT2D eigenvalue weighted by atomic mass is 10.1. The Hall–Kier alpha value is -2.44. The fraction of sp³-hybridized carbons (Fsp3) is 0.235. The van der Waals surface area contributed by atoms with Crippen molar-refractivity contribution in [1.29, 1.82) is 0 Å². The van der Waals surface area contributed by atoms with Gasteiger partial charge in [-0.15, -0.1) is 0 Å². The fourth-order valence-corrected chi connectivity index (χ4v) is 2.87. The van der Waals surface area contributed by atoms with Crippen molar-refractivity contribution in [3.05, 3.63) is 47.2 Å². The zero-order valence-corrected chi connectivity index (χ0v) is 13.5. The molecule has 0 radical (unpaired) electrons. The van der Waals surface area contributed by atoms with Gasteiger partial charge < -0.3 is 14.1 Å². The van der Waals surface area contributed by atoms with Gasteiger partial charge in [0.25, 0.3) is 5.91 Å². The Bertz CT molecular complexity index is 903. The number of nitrogens with zero attached hydrogens (tertiary/aromatic N) is 3. The number of pyridine rings is 1. The summed E-state index contributed by atoms with van der Waals surface area (Å²) in [7, 11) is 0. The van der Waals surface area contributed by atoms with Crippen LogP contribution < -0.4 is 0 Å². The number of fused-ring (bicyclic) bond motifs is 1. The number of aromatic nitrogens is 2. The number of amides is 1. The topological polar surface area (TPSA) is 68.5 Å². The van der Waals surface area contributed by atoms with Crippen molar-refractivity contribution in [3.63, 3.8) is 0 Å². The molecule has 0 unspecified atom stereocenters. The first-order valence-corrected chi connectivity index (χ1v) is 7.98. The predicted molar refractivity (Wildman–Crippen MR) is 89.0 cm³/mol. The predicted octanol–water partition coefficient (Wildman–Crippen LogP) is 3.02. The fourth-order valence-electron chi connectivity index (χ4n) is 2.67. The van der Waals surface area contributed by atoms with Crippen molar-refractivity contribution in [3.8, 4) is 11.5 Å². The monoisotopic (exact) mass is 343 g/mol. The molecule has 4 rings (SSSR count). The Morgan fingerprint density at radius 2 is 2.04 bits per heavy atom. The molecule has 7 heteroatoms. The highest BCUT2D eigenvalue weighted by Gasteiger charge is 2.20. The second-order valence-corrected chi connectivity index (χ2v) is 5.87. The minimum atomic E-state index is -0.0216. The second-order valence-electron chi connectivity index (χ2n) is 5.46. The molecule has 3 aromatic rings. The van der Waals surface area contributed by atoms with Crippen molar-refractivity contribution in [1.82, 2.24) is 14.9 Å². The van der Waals surface area contributed by atoms with E-state index < -0.39 is 0 Å². The van der Waals surface area contributed by atoms with E-state index in [0.717, 1.165) is 0 Å². The number of ether oxygens (including phenoxy) is 1. The van der Waals surface area contributed by atoms with E-state index in [-0.39, 0.29) is 5.91 Å². The van der Waals surface area contributed by atoms with Crippen LogP contribution in [0.3, 0.4) is 0 Å². The summed E-state index contributed by atoms with van der Waals surface area (Å²) in [5.74, 6) is 0.389. The average Bonchev–Trinajstić information content (AvgIpc) is 3.05. The zero-order valence-electron chi connectivity index (χ0n) is 12.7. The van der Waals surface area contributed by atoms with Gasteiger partial charge in [-0.25, -0.2) is 4.98 Å². The number of morpholine rings is 1. The van der Waals surface area contributed by atoms with Crippen molar-refractivity contribution < 1.29 is 13.9 Å². The number of carbonyl (C=O) groups is 1. The molecule has 0 spiro atoms. The second kappa shape index (κ2) is 6.22. The summed E-state index contributed by atoms with van der Waals surface area (Å²) in [4.78, 5) is 22.7. The van der Waals surface area contributed by atoms with Crippen LogP contribution in [-0.2, 0) is 4.74 Å². The highest BCUT2D eigenvalue weighted by atomic mass is 35.5. The Morgan fingerprint density at radius 3 is 2.83 bits per heavy atom. The Balaban J connectivity index is 1.68. The number of hydrogen-bond acceptors (Lipinski definition) is 5. The highest BCUT2D eigenvalue weighted by molar-refractivity contribution is 6.33. The number of carbonyl (C=O) groups excluding carboxylic acids is 1. The van der Waals surface area contributed by atoms with Crippen molar-refractivity contribution in [2.24, 2.45) is 0 Å². The van der Waals surface area contributed by atoms with Crippen LogP contribution in [0.5, 0.6) is 0 Å². The van der Waals surface area contributed by atoms with Crippen LogP contribution in [0.1, 0.15) is 10.4 Å². The maximum Gasteiger partial charge on any atom is 0.254 e. The molecule has 1 aliphatic rings. The Morgan fingerprint density at radius 1 is 1.21 bits per heavy atom. The van der Waals surface area contributed by atoms with E-state index >= 15 is 0 Å². The SMILES string of the molecule is O=C(c1ccc2oc(-c3ccncc3Cl)nc2c1)N1CCOCC1. The lowest BCUT2D eigenvalue weighted by Crippen LogP contribution is -2.40. The zero-order chi connectivity index (χ0) is 16.5. The van der Waals surface area contributed by atoms with Gasteiger partial charge in [-0.3, -0.25) is 9.78 Å². The Kier molecular flexibility index (Phi) is 3.92. The van der Waals surface area contributed by atoms with E-state index in [1.54, 1.807) is 41.6 Å². The number of rotatable bonds is 2. The van der Waals surface area contributed by atoms with Gasteiger partial charge in [-0.1, -0.05) is 11.6 Å². The quantitative estimate of drug-likeness (QED) is 0.715. The molecule has 0 N–H and O–H groups in total. The third-order valence-electron chi connectivity index (χ3n) is 3.94. The molecule has 122 valence electrons. The molecule has 0 bridgehead atoms. The van der Waals surface area contributed by atoms with Crippen molar-refractivity contribution >= 4 is 28.6 Å². The summed E-state index contributed by atoms with van der Waals surface area (Å²) in [6.45, 7) is 2.35. The van der Waals surface area contributed by atoms with Crippen LogP contribution in [0.25, 0.3) is 22.6 Å². The molecule has 1 saturated heterocycles. The van der Waals surface area contributed by atoms with E-state index in [4.69, 9.17) is 20.8 Å². The van der Waals surface area contributed by atoms with Crippen molar-refractivity contribution in [2.45, 2.75) is 0 Å². The molecular formula is C17H14ClN3O3. The van der Waals surface area contributed by atoms with Crippen LogP contribution in [0, 0.1) is 0 Å². The van der Waals surface area contributed by atoms with E-state index in [9.17, 15) is 4.79 Å². The summed E-state index contributed by atoms with van der Waals surface area (Å²) in [5, 5.41) is 0.466. The van der Waals surface area contributed by atoms with Gasteiger partial charge in [-0.05, 0) is 24.3 Å². The largest absolute Gasteiger partial charge is 0.436 e. The minimum Gasteiger partial charge on any atom is -0.436 e. The van der Waals surface area contributed by atoms with Gasteiger partial charge >= 0.3 is 0 Å². The lowest BCUT2D eigenvalue weighted by Gasteiger charge is -2.26. The third kappa shape index (κ3) is 2.74. The molecular weight excluding hydrogens is 330 g/mol.